The van der Waals surface area contributed by atoms with Gasteiger partial charge in [0.15, 0.2) is 0 Å². The summed E-state index contributed by atoms with van der Waals surface area (Å²) in [5.41, 5.74) is 1.90. The Kier molecular flexibility index (Phi) is 4.57. The largest absolute Gasteiger partial charge is 0.480 e. The molecule has 1 N–H and O–H groups in total. The molecule has 1 aromatic carbocycles. The van der Waals surface area contributed by atoms with Crippen LogP contribution in [0.25, 0.3) is 5.69 Å². The van der Waals surface area contributed by atoms with Crippen LogP contribution < -0.4 is 0 Å². The fraction of sp³-hybridized carbons (Fsp3) is 0.353. The van der Waals surface area contributed by atoms with Crippen molar-refractivity contribution in [3.8, 4) is 5.69 Å². The van der Waals surface area contributed by atoms with Gasteiger partial charge in [-0.2, -0.15) is 5.10 Å². The summed E-state index contributed by atoms with van der Waals surface area (Å²) in [5.74, 6) is -1.23. The number of piperidine rings is 1. The summed E-state index contributed by atoms with van der Waals surface area (Å²) in [6.45, 7) is 2.26. The quantitative estimate of drug-likeness (QED) is 0.926. The van der Waals surface area contributed by atoms with Gasteiger partial charge < -0.3 is 10.0 Å². The number of rotatable bonds is 3. The molecule has 1 atom stereocenters. The number of carboxylic acids is 1. The summed E-state index contributed by atoms with van der Waals surface area (Å²) < 4.78 is 1.66. The first-order valence-electron chi connectivity index (χ1n) is 7.83. The van der Waals surface area contributed by atoms with Gasteiger partial charge in [0.1, 0.15) is 6.04 Å². The van der Waals surface area contributed by atoms with Crippen LogP contribution in [0.1, 0.15) is 35.3 Å². The molecule has 0 spiro atoms. The molecule has 6 nitrogen and oxygen atoms in total. The van der Waals surface area contributed by atoms with Crippen LogP contribution in [-0.2, 0) is 4.79 Å². The molecule has 2 aromatic rings. The lowest BCUT2D eigenvalue weighted by molar-refractivity contribution is -0.143. The minimum absolute atomic E-state index is 0.278. The van der Waals surface area contributed by atoms with E-state index in [4.69, 9.17) is 11.6 Å². The van der Waals surface area contributed by atoms with E-state index in [-0.39, 0.29) is 5.91 Å². The number of aliphatic carboxylic acids is 1. The van der Waals surface area contributed by atoms with Crippen molar-refractivity contribution in [2.24, 2.45) is 0 Å². The third kappa shape index (κ3) is 3.01. The number of aromatic nitrogens is 2. The highest BCUT2D eigenvalue weighted by Gasteiger charge is 2.33. The smallest absolute Gasteiger partial charge is 0.326 e. The topological polar surface area (TPSA) is 75.4 Å². The number of likely N-dealkylation sites (tertiary alicyclic amines) is 1. The molecule has 0 aliphatic carbocycles. The minimum Gasteiger partial charge on any atom is -0.480 e. The van der Waals surface area contributed by atoms with Gasteiger partial charge in [-0.1, -0.05) is 11.6 Å². The first-order valence-corrected chi connectivity index (χ1v) is 8.21. The van der Waals surface area contributed by atoms with Gasteiger partial charge in [0.05, 0.1) is 23.1 Å². The van der Waals surface area contributed by atoms with Gasteiger partial charge in [-0.15, -0.1) is 0 Å². The fourth-order valence-corrected chi connectivity index (χ4v) is 3.17. The molecule has 1 aliphatic heterocycles. The van der Waals surface area contributed by atoms with E-state index < -0.39 is 12.0 Å². The molecule has 2 heterocycles. The number of carboxylic acid groups (broad SMARTS) is 1. The number of carbonyl (C=O) groups is 2. The van der Waals surface area contributed by atoms with Gasteiger partial charge in [-0.05, 0) is 50.5 Å². The summed E-state index contributed by atoms with van der Waals surface area (Å²) in [6, 6.07) is 6.38. The lowest BCUT2D eigenvalue weighted by Crippen LogP contribution is -2.48. The normalized spacial score (nSPS) is 17.8. The summed E-state index contributed by atoms with van der Waals surface area (Å²) in [7, 11) is 0. The summed E-state index contributed by atoms with van der Waals surface area (Å²) >= 11 is 5.90. The SMILES string of the molecule is Cc1c(C(=O)N2CCCCC2C(=O)O)cnn1-c1ccc(Cl)cc1. The number of amides is 1. The molecule has 1 unspecified atom stereocenters. The maximum absolute atomic E-state index is 12.8. The predicted octanol–water partition coefficient (Wildman–Crippen LogP) is 2.91. The van der Waals surface area contributed by atoms with Crippen molar-refractivity contribution < 1.29 is 14.7 Å². The van der Waals surface area contributed by atoms with E-state index in [1.165, 1.54) is 11.1 Å². The first kappa shape index (κ1) is 16.5. The van der Waals surface area contributed by atoms with Crippen molar-refractivity contribution in [1.29, 1.82) is 0 Å². The molecule has 0 saturated carbocycles. The Balaban J connectivity index is 1.91. The third-order valence-corrected chi connectivity index (χ3v) is 4.61. The molecule has 0 radical (unpaired) electrons. The van der Waals surface area contributed by atoms with Crippen LogP contribution in [0.5, 0.6) is 0 Å². The Morgan fingerprint density at radius 3 is 2.62 bits per heavy atom. The molecule has 1 aliphatic rings. The zero-order chi connectivity index (χ0) is 17.3. The van der Waals surface area contributed by atoms with Gasteiger partial charge in [-0.3, -0.25) is 4.79 Å². The van der Waals surface area contributed by atoms with E-state index in [0.29, 0.717) is 29.2 Å². The van der Waals surface area contributed by atoms with Crippen molar-refractivity contribution >= 4 is 23.5 Å². The second-order valence-corrected chi connectivity index (χ2v) is 6.32. The zero-order valence-electron chi connectivity index (χ0n) is 13.3. The van der Waals surface area contributed by atoms with Crippen LogP contribution in [-0.4, -0.2) is 44.3 Å². The van der Waals surface area contributed by atoms with Gasteiger partial charge >= 0.3 is 5.97 Å². The molecular formula is C17H18ClN3O3. The Morgan fingerprint density at radius 1 is 1.25 bits per heavy atom. The Labute approximate surface area is 144 Å². The third-order valence-electron chi connectivity index (χ3n) is 4.36. The number of hydrogen-bond donors (Lipinski definition) is 1. The Morgan fingerprint density at radius 2 is 1.96 bits per heavy atom. The lowest BCUT2D eigenvalue weighted by atomic mass is 10.0. The number of hydrogen-bond acceptors (Lipinski definition) is 3. The average Bonchev–Trinajstić information content (AvgIpc) is 2.96. The van der Waals surface area contributed by atoms with Gasteiger partial charge in [-0.25, -0.2) is 9.48 Å². The number of halogens is 1. The van der Waals surface area contributed by atoms with Crippen LogP contribution in [0.3, 0.4) is 0 Å². The molecule has 3 rings (SSSR count). The highest BCUT2D eigenvalue weighted by atomic mass is 35.5. The van der Waals surface area contributed by atoms with Gasteiger partial charge in [0.25, 0.3) is 5.91 Å². The highest BCUT2D eigenvalue weighted by molar-refractivity contribution is 6.30. The van der Waals surface area contributed by atoms with Gasteiger partial charge in [0, 0.05) is 11.6 Å². The molecule has 1 aromatic heterocycles. The monoisotopic (exact) mass is 347 g/mol. The summed E-state index contributed by atoms with van der Waals surface area (Å²) in [5, 5.41) is 14.3. The number of carbonyl (C=O) groups excluding carboxylic acids is 1. The lowest BCUT2D eigenvalue weighted by Gasteiger charge is -2.32. The van der Waals surface area contributed by atoms with E-state index in [0.717, 1.165) is 18.5 Å². The standard InChI is InChI=1S/C17H18ClN3O3/c1-11-14(10-19-21(11)13-7-5-12(18)6-8-13)16(22)20-9-3-2-4-15(20)17(23)24/h5-8,10,15H,2-4,9H2,1H3,(H,23,24). The van der Waals surface area contributed by atoms with Crippen molar-refractivity contribution in [2.45, 2.75) is 32.2 Å². The second-order valence-electron chi connectivity index (χ2n) is 5.88. The first-order chi connectivity index (χ1) is 11.5. The van der Waals surface area contributed by atoms with Crippen LogP contribution >= 0.6 is 11.6 Å². The van der Waals surface area contributed by atoms with Crippen LogP contribution in [0.4, 0.5) is 0 Å². The van der Waals surface area contributed by atoms with Crippen molar-refractivity contribution in [3.63, 3.8) is 0 Å². The van der Waals surface area contributed by atoms with Crippen molar-refractivity contribution in [3.05, 3.63) is 46.7 Å². The molecule has 24 heavy (non-hydrogen) atoms. The molecule has 126 valence electrons. The molecular weight excluding hydrogens is 330 g/mol. The minimum atomic E-state index is -0.953. The Bertz CT molecular complexity index is 770. The molecule has 1 saturated heterocycles. The molecule has 7 heteroatoms. The maximum Gasteiger partial charge on any atom is 0.326 e. The average molecular weight is 348 g/mol. The fourth-order valence-electron chi connectivity index (χ4n) is 3.05. The maximum atomic E-state index is 12.8. The molecule has 1 amide bonds. The highest BCUT2D eigenvalue weighted by Crippen LogP contribution is 2.23. The van der Waals surface area contributed by atoms with E-state index in [9.17, 15) is 14.7 Å². The summed E-state index contributed by atoms with van der Waals surface area (Å²) in [4.78, 5) is 25.7. The van der Waals surface area contributed by atoms with E-state index in [1.54, 1.807) is 23.7 Å². The van der Waals surface area contributed by atoms with Crippen LogP contribution in [0, 0.1) is 6.92 Å². The van der Waals surface area contributed by atoms with E-state index >= 15 is 0 Å². The second kappa shape index (κ2) is 6.65. The van der Waals surface area contributed by atoms with Crippen molar-refractivity contribution in [2.75, 3.05) is 6.54 Å². The molecule has 1 fully saturated rings. The predicted molar refractivity (Wildman–Crippen MR) is 89.6 cm³/mol. The summed E-state index contributed by atoms with van der Waals surface area (Å²) in [6.07, 6.45) is 3.63. The van der Waals surface area contributed by atoms with E-state index in [2.05, 4.69) is 5.10 Å². The number of nitrogens with zero attached hydrogens (tertiary/aromatic N) is 3. The zero-order valence-corrected chi connectivity index (χ0v) is 14.0. The Hall–Kier alpha value is -2.34. The van der Waals surface area contributed by atoms with E-state index in [1.807, 2.05) is 12.1 Å². The molecule has 0 bridgehead atoms. The van der Waals surface area contributed by atoms with Crippen LogP contribution in [0.2, 0.25) is 5.02 Å². The van der Waals surface area contributed by atoms with Crippen LogP contribution in [0.15, 0.2) is 30.5 Å². The van der Waals surface area contributed by atoms with Gasteiger partial charge in [0.2, 0.25) is 0 Å². The number of benzene rings is 1. The van der Waals surface area contributed by atoms with Crippen molar-refractivity contribution in [1.82, 2.24) is 14.7 Å².